The van der Waals surface area contributed by atoms with Gasteiger partial charge in [0.15, 0.2) is 0 Å². The molecule has 0 fully saturated rings. The normalized spacial score (nSPS) is 13.9. The van der Waals surface area contributed by atoms with Crippen LogP contribution in [0.4, 0.5) is 0 Å². The van der Waals surface area contributed by atoms with Gasteiger partial charge in [-0.1, -0.05) is 45.9 Å². The minimum atomic E-state index is -0.0741. The highest BCUT2D eigenvalue weighted by molar-refractivity contribution is 5.45. The van der Waals surface area contributed by atoms with Gasteiger partial charge in [-0.05, 0) is 16.5 Å². The van der Waals surface area contributed by atoms with Crippen LogP contribution in [0.3, 0.4) is 0 Å². The number of aliphatic hydroxyl groups excluding tert-OH is 1. The molecule has 0 amide bonds. The van der Waals surface area contributed by atoms with Crippen LogP contribution in [-0.4, -0.2) is 16.8 Å². The Bertz CT molecular complexity index is 337. The van der Waals surface area contributed by atoms with E-state index in [4.69, 9.17) is 5.11 Å². The average Bonchev–Trinajstić information content (AvgIpc) is 2.15. The predicted molar refractivity (Wildman–Crippen MR) is 62.3 cm³/mol. The first-order valence-electron chi connectivity index (χ1n) is 5.31. The minimum absolute atomic E-state index is 0.0210. The highest BCUT2D eigenvalue weighted by Gasteiger charge is 2.21. The summed E-state index contributed by atoms with van der Waals surface area (Å²) in [5, 5.41) is 19.2. The van der Waals surface area contributed by atoms with Crippen molar-refractivity contribution in [1.82, 2.24) is 0 Å². The lowest BCUT2D eigenvalue weighted by atomic mass is 9.83. The summed E-state index contributed by atoms with van der Waals surface area (Å²) in [5.74, 6) is 0.304. The Balaban J connectivity index is 3.23. The first-order chi connectivity index (χ1) is 6.88. The number of aliphatic hydroxyl groups is 1. The zero-order valence-electron chi connectivity index (χ0n) is 9.91. The molecule has 0 radical (unpaired) electrons. The van der Waals surface area contributed by atoms with Crippen molar-refractivity contribution in [3.05, 3.63) is 29.3 Å². The summed E-state index contributed by atoms with van der Waals surface area (Å²) in [6, 6.07) is 5.73. The van der Waals surface area contributed by atoms with Gasteiger partial charge in [0.1, 0.15) is 5.75 Å². The second-order valence-corrected chi connectivity index (χ2v) is 5.08. The SMILES string of the molecule is CC(CO)c1cccc(C(C)(C)C)c1O. The Labute approximate surface area is 91.6 Å². The maximum Gasteiger partial charge on any atom is 0.122 e. The van der Waals surface area contributed by atoms with Crippen LogP contribution in [0.25, 0.3) is 0 Å². The molecule has 1 aromatic rings. The second-order valence-electron chi connectivity index (χ2n) is 5.08. The van der Waals surface area contributed by atoms with Crippen molar-refractivity contribution in [2.24, 2.45) is 0 Å². The fourth-order valence-corrected chi connectivity index (χ4v) is 1.66. The molecule has 0 heterocycles. The first kappa shape index (κ1) is 12.1. The van der Waals surface area contributed by atoms with Crippen LogP contribution in [0, 0.1) is 0 Å². The fraction of sp³-hybridized carbons (Fsp3) is 0.538. The van der Waals surface area contributed by atoms with Gasteiger partial charge in [0, 0.05) is 12.5 Å². The van der Waals surface area contributed by atoms with E-state index in [1.807, 2.05) is 25.1 Å². The number of hydrogen-bond acceptors (Lipinski definition) is 2. The summed E-state index contributed by atoms with van der Waals surface area (Å²) in [6.45, 7) is 8.16. The zero-order chi connectivity index (χ0) is 11.6. The third-order valence-corrected chi connectivity index (χ3v) is 2.68. The summed E-state index contributed by atoms with van der Waals surface area (Å²) in [4.78, 5) is 0. The fourth-order valence-electron chi connectivity index (χ4n) is 1.66. The number of phenolic OH excluding ortho intramolecular Hbond substituents is 1. The molecule has 0 bridgehead atoms. The van der Waals surface area contributed by atoms with Gasteiger partial charge in [-0.2, -0.15) is 0 Å². The van der Waals surface area contributed by atoms with Crippen molar-refractivity contribution in [2.75, 3.05) is 6.61 Å². The lowest BCUT2D eigenvalue weighted by Crippen LogP contribution is -2.12. The Morgan fingerprint density at radius 1 is 1.27 bits per heavy atom. The summed E-state index contributed by atoms with van der Waals surface area (Å²) in [7, 11) is 0. The van der Waals surface area contributed by atoms with E-state index in [2.05, 4.69) is 20.8 Å². The molecule has 84 valence electrons. The van der Waals surface area contributed by atoms with Crippen molar-refractivity contribution in [2.45, 2.75) is 39.0 Å². The van der Waals surface area contributed by atoms with E-state index in [0.29, 0.717) is 5.75 Å². The first-order valence-corrected chi connectivity index (χ1v) is 5.31. The van der Waals surface area contributed by atoms with E-state index in [-0.39, 0.29) is 17.9 Å². The highest BCUT2D eigenvalue weighted by Crippen LogP contribution is 2.35. The molecule has 2 N–H and O–H groups in total. The molecule has 2 heteroatoms. The molecule has 0 saturated heterocycles. The van der Waals surface area contributed by atoms with Gasteiger partial charge >= 0.3 is 0 Å². The van der Waals surface area contributed by atoms with E-state index >= 15 is 0 Å². The second kappa shape index (κ2) is 4.23. The van der Waals surface area contributed by atoms with Gasteiger partial charge in [0.25, 0.3) is 0 Å². The van der Waals surface area contributed by atoms with Crippen LogP contribution in [-0.2, 0) is 5.41 Å². The molecule has 2 nitrogen and oxygen atoms in total. The van der Waals surface area contributed by atoms with Gasteiger partial charge in [-0.15, -0.1) is 0 Å². The number of aromatic hydroxyl groups is 1. The smallest absolute Gasteiger partial charge is 0.122 e. The summed E-state index contributed by atoms with van der Waals surface area (Å²) < 4.78 is 0. The number of para-hydroxylation sites is 1. The maximum atomic E-state index is 10.1. The number of phenols is 1. The van der Waals surface area contributed by atoms with Crippen LogP contribution in [0.1, 0.15) is 44.7 Å². The molecule has 0 aliphatic heterocycles. The number of rotatable bonds is 2. The lowest BCUT2D eigenvalue weighted by molar-refractivity contribution is 0.270. The number of hydrogen-bond donors (Lipinski definition) is 2. The molecule has 0 aromatic heterocycles. The molecular formula is C13H20O2. The molecule has 1 unspecified atom stereocenters. The third kappa shape index (κ3) is 2.51. The van der Waals surface area contributed by atoms with E-state index in [1.165, 1.54) is 0 Å². The van der Waals surface area contributed by atoms with E-state index in [9.17, 15) is 5.11 Å². The molecule has 1 rings (SSSR count). The number of benzene rings is 1. The zero-order valence-corrected chi connectivity index (χ0v) is 9.91. The largest absolute Gasteiger partial charge is 0.507 e. The molecule has 15 heavy (non-hydrogen) atoms. The van der Waals surface area contributed by atoms with Crippen LogP contribution >= 0.6 is 0 Å². The van der Waals surface area contributed by atoms with E-state index in [1.54, 1.807) is 0 Å². The van der Waals surface area contributed by atoms with Crippen molar-refractivity contribution in [3.63, 3.8) is 0 Å². The van der Waals surface area contributed by atoms with Crippen LogP contribution in [0.15, 0.2) is 18.2 Å². The monoisotopic (exact) mass is 208 g/mol. The highest BCUT2D eigenvalue weighted by atomic mass is 16.3. The maximum absolute atomic E-state index is 10.1. The van der Waals surface area contributed by atoms with Crippen molar-refractivity contribution >= 4 is 0 Å². The van der Waals surface area contributed by atoms with Gasteiger partial charge < -0.3 is 10.2 Å². The van der Waals surface area contributed by atoms with Gasteiger partial charge in [-0.3, -0.25) is 0 Å². The molecule has 1 aromatic carbocycles. The minimum Gasteiger partial charge on any atom is -0.507 e. The summed E-state index contributed by atoms with van der Waals surface area (Å²) >= 11 is 0. The Kier molecular flexibility index (Phi) is 3.40. The lowest BCUT2D eigenvalue weighted by Gasteiger charge is -2.23. The van der Waals surface area contributed by atoms with Crippen LogP contribution in [0.2, 0.25) is 0 Å². The Hall–Kier alpha value is -1.02. The molecule has 0 spiro atoms. The van der Waals surface area contributed by atoms with Crippen LogP contribution in [0.5, 0.6) is 5.75 Å². The summed E-state index contributed by atoms with van der Waals surface area (Å²) in [5.41, 5.74) is 1.68. The molecule has 1 atom stereocenters. The Morgan fingerprint density at radius 2 is 1.87 bits per heavy atom. The quantitative estimate of drug-likeness (QED) is 0.784. The molecular weight excluding hydrogens is 188 g/mol. The predicted octanol–water partition coefficient (Wildman–Crippen LogP) is 2.79. The third-order valence-electron chi connectivity index (χ3n) is 2.68. The topological polar surface area (TPSA) is 40.5 Å². The van der Waals surface area contributed by atoms with Crippen molar-refractivity contribution in [1.29, 1.82) is 0 Å². The standard InChI is InChI=1S/C13H20O2/c1-9(8-14)10-6-5-7-11(12(10)15)13(2,3)4/h5-7,9,14-15H,8H2,1-4H3. The average molecular weight is 208 g/mol. The van der Waals surface area contributed by atoms with Crippen molar-refractivity contribution in [3.8, 4) is 5.75 Å². The van der Waals surface area contributed by atoms with Gasteiger partial charge in [-0.25, -0.2) is 0 Å². The van der Waals surface area contributed by atoms with Crippen LogP contribution < -0.4 is 0 Å². The molecule has 0 saturated carbocycles. The van der Waals surface area contributed by atoms with Gasteiger partial charge in [0.05, 0.1) is 0 Å². The van der Waals surface area contributed by atoms with Gasteiger partial charge in [0.2, 0.25) is 0 Å². The van der Waals surface area contributed by atoms with E-state index in [0.717, 1.165) is 11.1 Å². The molecule has 0 aliphatic carbocycles. The van der Waals surface area contributed by atoms with E-state index < -0.39 is 0 Å². The Morgan fingerprint density at radius 3 is 2.33 bits per heavy atom. The molecule has 0 aliphatic rings. The van der Waals surface area contributed by atoms with Crippen molar-refractivity contribution < 1.29 is 10.2 Å². The summed E-state index contributed by atoms with van der Waals surface area (Å²) in [6.07, 6.45) is 0.